The molecule has 4 nitrogen and oxygen atoms in total. The highest BCUT2D eigenvalue weighted by molar-refractivity contribution is 5.90. The smallest absolute Gasteiger partial charge is 0.0701 e. The molecule has 1 aliphatic rings. The summed E-state index contributed by atoms with van der Waals surface area (Å²) in [5.41, 5.74) is 22.4. The molecule has 0 saturated heterocycles. The SMILES string of the molecule is CC1(C)c2cc(-c3ccc(-c4ccccn4)cc3)c(-c3ccc(-c4ccccn4)cc3)cc2C(C)(C)c2cc(-c3ccc(-c4ccccn4)cc3)c(-c3ccc(-c4ccccn4)cc3)cc21. The molecule has 0 bridgehead atoms. The van der Waals surface area contributed by atoms with Crippen molar-refractivity contribution in [2.24, 2.45) is 0 Å². The normalized spacial score (nSPS) is 13.4. The molecule has 0 saturated carbocycles. The summed E-state index contributed by atoms with van der Waals surface area (Å²) >= 11 is 0. The summed E-state index contributed by atoms with van der Waals surface area (Å²) in [4.78, 5) is 18.6. The van der Waals surface area contributed by atoms with Crippen molar-refractivity contribution in [1.82, 2.24) is 19.9 Å². The predicted octanol–water partition coefficient (Wildman–Crippen LogP) is 15.6. The minimum Gasteiger partial charge on any atom is -0.256 e. The van der Waals surface area contributed by atoms with Crippen LogP contribution in [0.15, 0.2) is 219 Å². The highest BCUT2D eigenvalue weighted by Crippen LogP contribution is 2.54. The monoisotopic (exact) mass is 848 g/mol. The van der Waals surface area contributed by atoms with Crippen molar-refractivity contribution in [2.75, 3.05) is 0 Å². The molecule has 316 valence electrons. The first-order chi connectivity index (χ1) is 32.2. The van der Waals surface area contributed by atoms with E-state index in [-0.39, 0.29) is 10.8 Å². The van der Waals surface area contributed by atoms with Crippen molar-refractivity contribution >= 4 is 0 Å². The van der Waals surface area contributed by atoms with Crippen LogP contribution in [0.25, 0.3) is 89.5 Å². The Kier molecular flexibility index (Phi) is 10.2. The number of benzene rings is 6. The number of fused-ring (bicyclic) bond motifs is 2. The molecule has 1 aliphatic carbocycles. The van der Waals surface area contributed by atoms with Crippen LogP contribution in [-0.2, 0) is 10.8 Å². The maximum atomic E-state index is 4.64. The van der Waals surface area contributed by atoms with Gasteiger partial charge in [-0.3, -0.25) is 19.9 Å². The second kappa shape index (κ2) is 16.5. The van der Waals surface area contributed by atoms with E-state index >= 15 is 0 Å². The van der Waals surface area contributed by atoms with Crippen LogP contribution in [0.5, 0.6) is 0 Å². The first-order valence-corrected chi connectivity index (χ1v) is 22.7. The van der Waals surface area contributed by atoms with Crippen molar-refractivity contribution in [3.8, 4) is 89.5 Å². The van der Waals surface area contributed by atoms with Crippen LogP contribution in [0.3, 0.4) is 0 Å². The fourth-order valence-corrected chi connectivity index (χ4v) is 9.93. The van der Waals surface area contributed by atoms with Gasteiger partial charge in [0.2, 0.25) is 0 Å². The number of aromatic nitrogens is 4. The lowest BCUT2D eigenvalue weighted by molar-refractivity contribution is 0.521. The van der Waals surface area contributed by atoms with Gasteiger partial charge < -0.3 is 0 Å². The lowest BCUT2D eigenvalue weighted by Gasteiger charge is -2.45. The van der Waals surface area contributed by atoms with Gasteiger partial charge in [-0.15, -0.1) is 0 Å². The van der Waals surface area contributed by atoms with Gasteiger partial charge in [-0.2, -0.15) is 0 Å². The Labute approximate surface area is 387 Å². The summed E-state index contributed by atoms with van der Waals surface area (Å²) < 4.78 is 0. The first-order valence-electron chi connectivity index (χ1n) is 22.7. The van der Waals surface area contributed by atoms with Crippen LogP contribution in [-0.4, -0.2) is 19.9 Å². The first kappa shape index (κ1) is 40.7. The van der Waals surface area contributed by atoms with E-state index in [1.54, 1.807) is 0 Å². The van der Waals surface area contributed by atoms with Gasteiger partial charge in [0.05, 0.1) is 22.8 Å². The van der Waals surface area contributed by atoms with E-state index in [2.05, 4.69) is 193 Å². The Hall–Kier alpha value is -8.08. The van der Waals surface area contributed by atoms with Gasteiger partial charge in [-0.25, -0.2) is 0 Å². The molecular formula is C62H48N4. The van der Waals surface area contributed by atoms with Crippen LogP contribution in [0, 0.1) is 0 Å². The topological polar surface area (TPSA) is 51.6 Å². The lowest BCUT2D eigenvalue weighted by atomic mass is 9.58. The molecule has 0 radical (unpaired) electrons. The van der Waals surface area contributed by atoms with E-state index in [4.69, 9.17) is 0 Å². The Morgan fingerprint density at radius 1 is 0.242 bits per heavy atom. The molecular weight excluding hydrogens is 801 g/mol. The van der Waals surface area contributed by atoms with Crippen LogP contribution in [0.1, 0.15) is 49.9 Å². The summed E-state index contributed by atoms with van der Waals surface area (Å²) in [5.74, 6) is 0. The third kappa shape index (κ3) is 7.31. The summed E-state index contributed by atoms with van der Waals surface area (Å²) in [6, 6.07) is 69.9. The molecule has 4 aromatic heterocycles. The largest absolute Gasteiger partial charge is 0.256 e. The van der Waals surface area contributed by atoms with E-state index in [0.29, 0.717) is 0 Å². The zero-order chi connectivity index (χ0) is 44.8. The van der Waals surface area contributed by atoms with Crippen molar-refractivity contribution in [3.63, 3.8) is 0 Å². The molecule has 0 atom stereocenters. The zero-order valence-corrected chi connectivity index (χ0v) is 37.6. The maximum Gasteiger partial charge on any atom is 0.0701 e. The molecule has 11 rings (SSSR count). The number of hydrogen-bond acceptors (Lipinski definition) is 4. The van der Waals surface area contributed by atoms with Crippen molar-refractivity contribution in [3.05, 3.63) is 241 Å². The van der Waals surface area contributed by atoms with E-state index in [1.807, 2.05) is 73.3 Å². The predicted molar refractivity (Wildman–Crippen MR) is 272 cm³/mol. The van der Waals surface area contributed by atoms with E-state index in [1.165, 1.54) is 66.8 Å². The molecule has 4 heterocycles. The molecule has 10 aromatic rings. The maximum absolute atomic E-state index is 4.64. The summed E-state index contributed by atoms with van der Waals surface area (Å²) in [7, 11) is 0. The highest BCUT2D eigenvalue weighted by Gasteiger charge is 2.43. The minimum atomic E-state index is -0.339. The molecule has 0 unspecified atom stereocenters. The standard InChI is InChI=1S/C62H48N4/c1-61(2)53-37-49(41-17-25-45(26-18-41)57-13-5-9-33-63-57)51(43-21-29-47(30-22-43)59-15-7-11-35-65-59)39-55(53)62(3,4)56-40-52(44-23-31-48(32-24-44)60-16-8-12-36-66-60)50(38-54(56)61)42-19-27-46(28-20-42)58-14-6-10-34-64-58/h5-40H,1-4H3. The second-order valence-electron chi connectivity index (χ2n) is 18.3. The van der Waals surface area contributed by atoms with Crippen LogP contribution in [0.4, 0.5) is 0 Å². The Morgan fingerprint density at radius 3 is 0.621 bits per heavy atom. The fourth-order valence-electron chi connectivity index (χ4n) is 9.93. The van der Waals surface area contributed by atoms with Crippen LogP contribution in [0.2, 0.25) is 0 Å². The second-order valence-corrected chi connectivity index (χ2v) is 18.3. The molecule has 6 aromatic carbocycles. The van der Waals surface area contributed by atoms with Gasteiger partial charge in [0.1, 0.15) is 0 Å². The zero-order valence-electron chi connectivity index (χ0n) is 37.6. The van der Waals surface area contributed by atoms with Crippen molar-refractivity contribution in [1.29, 1.82) is 0 Å². The number of pyridine rings is 4. The van der Waals surface area contributed by atoms with E-state index < -0.39 is 0 Å². The van der Waals surface area contributed by atoms with Gasteiger partial charge >= 0.3 is 0 Å². The van der Waals surface area contributed by atoms with E-state index in [9.17, 15) is 0 Å². The third-order valence-electron chi connectivity index (χ3n) is 13.6. The summed E-state index contributed by atoms with van der Waals surface area (Å²) in [5, 5.41) is 0. The quantitative estimate of drug-likeness (QED) is 0.153. The number of rotatable bonds is 8. The Bertz CT molecular complexity index is 2870. The van der Waals surface area contributed by atoms with E-state index in [0.717, 1.165) is 45.0 Å². The van der Waals surface area contributed by atoms with Gasteiger partial charge in [-0.1, -0.05) is 149 Å². The molecule has 0 aliphatic heterocycles. The Morgan fingerprint density at radius 2 is 0.439 bits per heavy atom. The summed E-state index contributed by atoms with van der Waals surface area (Å²) in [6.45, 7) is 9.63. The fraction of sp³-hybridized carbons (Fsp3) is 0.0968. The molecule has 66 heavy (non-hydrogen) atoms. The highest BCUT2D eigenvalue weighted by atomic mass is 14.7. The number of nitrogens with zero attached hydrogens (tertiary/aromatic N) is 4. The third-order valence-corrected chi connectivity index (χ3v) is 13.6. The van der Waals surface area contributed by atoms with Crippen molar-refractivity contribution < 1.29 is 0 Å². The van der Waals surface area contributed by atoms with Gasteiger partial charge in [0, 0.05) is 57.9 Å². The lowest BCUT2D eigenvalue weighted by Crippen LogP contribution is -2.37. The van der Waals surface area contributed by atoms with Gasteiger partial charge in [0.25, 0.3) is 0 Å². The molecule has 0 spiro atoms. The van der Waals surface area contributed by atoms with Gasteiger partial charge in [-0.05, 0) is 140 Å². The number of hydrogen-bond donors (Lipinski definition) is 0. The Balaban J connectivity index is 1.09. The molecule has 0 fully saturated rings. The van der Waals surface area contributed by atoms with Crippen LogP contribution >= 0.6 is 0 Å². The average molecular weight is 849 g/mol. The van der Waals surface area contributed by atoms with Crippen molar-refractivity contribution in [2.45, 2.75) is 38.5 Å². The minimum absolute atomic E-state index is 0.339. The molecule has 0 amide bonds. The molecule has 0 N–H and O–H groups in total. The molecule has 4 heteroatoms. The summed E-state index contributed by atoms with van der Waals surface area (Å²) in [6.07, 6.45) is 7.41. The van der Waals surface area contributed by atoms with Gasteiger partial charge in [0.15, 0.2) is 0 Å². The van der Waals surface area contributed by atoms with Crippen LogP contribution < -0.4 is 0 Å². The average Bonchev–Trinajstić information content (AvgIpc) is 3.39.